The molecule has 1 saturated heterocycles. The molecule has 0 spiro atoms. The highest BCUT2D eigenvalue weighted by Crippen LogP contribution is 2.21. The van der Waals surface area contributed by atoms with Gasteiger partial charge in [-0.05, 0) is 35.0 Å². The van der Waals surface area contributed by atoms with Crippen molar-refractivity contribution in [1.82, 2.24) is 16.0 Å². The molecule has 3 atom stereocenters. The summed E-state index contributed by atoms with van der Waals surface area (Å²) in [7, 11) is 0. The van der Waals surface area contributed by atoms with E-state index in [9.17, 15) is 14.7 Å². The Morgan fingerprint density at radius 2 is 2.29 bits per heavy atom. The van der Waals surface area contributed by atoms with Crippen LogP contribution in [0, 0.1) is 5.92 Å². The van der Waals surface area contributed by atoms with Crippen molar-refractivity contribution >= 4 is 39.1 Å². The second-order valence-electron chi connectivity index (χ2n) is 5.03. The van der Waals surface area contributed by atoms with Crippen molar-refractivity contribution in [2.24, 2.45) is 5.92 Å². The third-order valence-corrected chi connectivity index (χ3v) is 5.00. The van der Waals surface area contributed by atoms with E-state index in [1.807, 2.05) is 0 Å². The van der Waals surface area contributed by atoms with E-state index >= 15 is 0 Å². The zero-order valence-electron chi connectivity index (χ0n) is 11.6. The van der Waals surface area contributed by atoms with Crippen LogP contribution in [0.25, 0.3) is 0 Å². The molecule has 21 heavy (non-hydrogen) atoms. The number of amides is 2. The first-order valence-corrected chi connectivity index (χ1v) is 8.31. The van der Waals surface area contributed by atoms with Gasteiger partial charge in [-0.1, -0.05) is 0 Å². The maximum Gasteiger partial charge on any atom is 0.262 e. The Bertz CT molecular complexity index is 523. The van der Waals surface area contributed by atoms with Gasteiger partial charge in [0.25, 0.3) is 5.91 Å². The Morgan fingerprint density at radius 3 is 2.86 bits per heavy atom. The summed E-state index contributed by atoms with van der Waals surface area (Å²) in [5, 5.41) is 18.1. The molecular weight excluding hydrogens is 358 g/mol. The van der Waals surface area contributed by atoms with Gasteiger partial charge >= 0.3 is 0 Å². The largest absolute Gasteiger partial charge is 0.391 e. The molecule has 0 radical (unpaired) electrons. The fraction of sp³-hybridized carbons (Fsp3) is 0.538. The second kappa shape index (κ2) is 7.35. The first-order valence-electron chi connectivity index (χ1n) is 6.70. The molecule has 116 valence electrons. The van der Waals surface area contributed by atoms with Crippen molar-refractivity contribution in [1.29, 1.82) is 0 Å². The average Bonchev–Trinajstić information content (AvgIpc) is 3.04. The molecule has 6 nitrogen and oxygen atoms in total. The summed E-state index contributed by atoms with van der Waals surface area (Å²) < 4.78 is 0.868. The van der Waals surface area contributed by atoms with Crippen LogP contribution in [-0.4, -0.2) is 48.7 Å². The Hall–Kier alpha value is -0.960. The molecule has 3 unspecified atom stereocenters. The van der Waals surface area contributed by atoms with Gasteiger partial charge in [0.1, 0.15) is 6.04 Å². The lowest BCUT2D eigenvalue weighted by atomic mass is 10.1. The number of rotatable bonds is 5. The monoisotopic (exact) mass is 375 g/mol. The fourth-order valence-corrected chi connectivity index (χ4v) is 3.37. The minimum absolute atomic E-state index is 0.0186. The van der Waals surface area contributed by atoms with E-state index in [1.165, 1.54) is 11.3 Å². The zero-order chi connectivity index (χ0) is 15.4. The molecule has 1 fully saturated rings. The maximum atomic E-state index is 11.9. The van der Waals surface area contributed by atoms with Crippen LogP contribution in [0.3, 0.4) is 0 Å². The van der Waals surface area contributed by atoms with E-state index in [0.29, 0.717) is 24.5 Å². The Balaban J connectivity index is 1.78. The molecule has 0 aliphatic carbocycles. The van der Waals surface area contributed by atoms with Gasteiger partial charge in [0, 0.05) is 25.6 Å². The molecule has 2 amide bonds. The third kappa shape index (κ3) is 4.50. The summed E-state index contributed by atoms with van der Waals surface area (Å²) in [4.78, 5) is 24.4. The summed E-state index contributed by atoms with van der Waals surface area (Å²) in [5.41, 5.74) is 0. The number of β-amino-alcohol motifs (C(OH)–C–C–N with tert-alkyl or cyclic N) is 1. The molecule has 1 aromatic heterocycles. The minimum atomic E-state index is -0.620. The number of halogens is 1. The number of hydrogen-bond donors (Lipinski definition) is 4. The van der Waals surface area contributed by atoms with E-state index in [0.717, 1.165) is 3.79 Å². The SMILES string of the molecule is CC(NC(=O)c1ccc(Br)s1)C(=O)NCC1CNCC1O. The van der Waals surface area contributed by atoms with Gasteiger partial charge < -0.3 is 21.1 Å². The summed E-state index contributed by atoms with van der Waals surface area (Å²) in [6, 6.07) is 2.87. The maximum absolute atomic E-state index is 11.9. The van der Waals surface area contributed by atoms with Crippen molar-refractivity contribution < 1.29 is 14.7 Å². The zero-order valence-corrected chi connectivity index (χ0v) is 14.0. The van der Waals surface area contributed by atoms with Crippen LogP contribution < -0.4 is 16.0 Å². The van der Waals surface area contributed by atoms with Gasteiger partial charge in [0.15, 0.2) is 0 Å². The highest BCUT2D eigenvalue weighted by atomic mass is 79.9. The Morgan fingerprint density at radius 1 is 1.52 bits per heavy atom. The number of aliphatic hydroxyl groups is 1. The van der Waals surface area contributed by atoms with E-state index in [1.54, 1.807) is 19.1 Å². The van der Waals surface area contributed by atoms with Crippen molar-refractivity contribution in [3.63, 3.8) is 0 Å². The smallest absolute Gasteiger partial charge is 0.262 e. The predicted octanol–water partition coefficient (Wildman–Crippen LogP) is 0.325. The summed E-state index contributed by atoms with van der Waals surface area (Å²) in [6.07, 6.45) is -0.432. The van der Waals surface area contributed by atoms with Crippen LogP contribution in [0.15, 0.2) is 15.9 Å². The minimum Gasteiger partial charge on any atom is -0.391 e. The lowest BCUT2D eigenvalue weighted by Crippen LogP contribution is -2.46. The van der Waals surface area contributed by atoms with Crippen LogP contribution >= 0.6 is 27.3 Å². The van der Waals surface area contributed by atoms with Gasteiger partial charge in [0.2, 0.25) is 5.91 Å². The summed E-state index contributed by atoms with van der Waals surface area (Å²) in [6.45, 7) is 3.28. The highest BCUT2D eigenvalue weighted by molar-refractivity contribution is 9.11. The average molecular weight is 376 g/mol. The number of carbonyl (C=O) groups excluding carboxylic acids is 2. The van der Waals surface area contributed by atoms with E-state index in [-0.39, 0.29) is 17.7 Å². The topological polar surface area (TPSA) is 90.5 Å². The molecular formula is C13H18BrN3O3S. The van der Waals surface area contributed by atoms with Gasteiger partial charge in [-0.15, -0.1) is 11.3 Å². The number of nitrogens with one attached hydrogen (secondary N) is 3. The van der Waals surface area contributed by atoms with Crippen molar-refractivity contribution in [3.05, 3.63) is 20.8 Å². The number of aliphatic hydroxyl groups excluding tert-OH is 1. The normalized spacial score (nSPS) is 22.8. The van der Waals surface area contributed by atoms with Crippen molar-refractivity contribution in [2.45, 2.75) is 19.1 Å². The molecule has 8 heteroatoms. The van der Waals surface area contributed by atoms with E-state index < -0.39 is 12.1 Å². The van der Waals surface area contributed by atoms with Gasteiger partial charge in [-0.25, -0.2) is 0 Å². The molecule has 1 aliphatic heterocycles. The highest BCUT2D eigenvalue weighted by Gasteiger charge is 2.26. The standard InChI is InChI=1S/C13H18BrN3O3S/c1-7(17-13(20)10-2-3-11(14)21-10)12(19)16-5-8-4-15-6-9(8)18/h2-3,7-9,15,18H,4-6H2,1H3,(H,16,19)(H,17,20). The number of thiophene rings is 1. The van der Waals surface area contributed by atoms with Gasteiger partial charge in [-0.2, -0.15) is 0 Å². The lowest BCUT2D eigenvalue weighted by Gasteiger charge is -2.17. The van der Waals surface area contributed by atoms with E-state index in [2.05, 4.69) is 31.9 Å². The number of carbonyl (C=O) groups is 2. The second-order valence-corrected chi connectivity index (χ2v) is 7.49. The van der Waals surface area contributed by atoms with Crippen LogP contribution in [0.2, 0.25) is 0 Å². The van der Waals surface area contributed by atoms with E-state index in [4.69, 9.17) is 0 Å². The predicted molar refractivity (Wildman–Crippen MR) is 84.3 cm³/mol. The molecule has 0 aromatic carbocycles. The van der Waals surface area contributed by atoms with Crippen LogP contribution in [-0.2, 0) is 4.79 Å². The Kier molecular flexibility index (Phi) is 5.74. The third-order valence-electron chi connectivity index (χ3n) is 3.38. The first kappa shape index (κ1) is 16.4. The van der Waals surface area contributed by atoms with Crippen LogP contribution in [0.1, 0.15) is 16.6 Å². The molecule has 0 saturated carbocycles. The molecule has 0 bridgehead atoms. The van der Waals surface area contributed by atoms with Crippen molar-refractivity contribution in [2.75, 3.05) is 19.6 Å². The Labute approximate surface area is 135 Å². The van der Waals surface area contributed by atoms with Crippen LogP contribution in [0.4, 0.5) is 0 Å². The summed E-state index contributed by atoms with van der Waals surface area (Å²) >= 11 is 4.61. The molecule has 1 aromatic rings. The quantitative estimate of drug-likeness (QED) is 0.596. The lowest BCUT2D eigenvalue weighted by molar-refractivity contribution is -0.122. The summed E-state index contributed by atoms with van der Waals surface area (Å²) in [5.74, 6) is -0.501. The molecule has 2 rings (SSSR count). The molecule has 1 aliphatic rings. The fourth-order valence-electron chi connectivity index (χ4n) is 2.08. The van der Waals surface area contributed by atoms with Gasteiger partial charge in [-0.3, -0.25) is 9.59 Å². The molecule has 4 N–H and O–H groups in total. The molecule has 2 heterocycles. The van der Waals surface area contributed by atoms with Crippen molar-refractivity contribution in [3.8, 4) is 0 Å². The first-order chi connectivity index (χ1) is 9.97. The van der Waals surface area contributed by atoms with Gasteiger partial charge in [0.05, 0.1) is 14.8 Å². The van der Waals surface area contributed by atoms with Crippen LogP contribution in [0.5, 0.6) is 0 Å². The number of hydrogen-bond acceptors (Lipinski definition) is 5.